The van der Waals surface area contributed by atoms with Gasteiger partial charge in [0, 0.05) is 45.7 Å². The SMILES string of the molecule is CCCCCCCCCCC(=O)O.NCCN1CCNCC1. The number of nitrogens with two attached hydrogens (primary N) is 1. The highest BCUT2D eigenvalue weighted by molar-refractivity contribution is 5.66. The minimum absolute atomic E-state index is 0.342. The van der Waals surface area contributed by atoms with Gasteiger partial charge in [0.15, 0.2) is 0 Å². The molecule has 0 saturated carbocycles. The maximum Gasteiger partial charge on any atom is 0.303 e. The van der Waals surface area contributed by atoms with Crippen molar-refractivity contribution >= 4 is 5.97 Å². The predicted octanol–water partition coefficient (Wildman–Crippen LogP) is 2.45. The van der Waals surface area contributed by atoms with Crippen molar-refractivity contribution in [2.75, 3.05) is 39.3 Å². The van der Waals surface area contributed by atoms with E-state index in [2.05, 4.69) is 17.1 Å². The average Bonchev–Trinajstić information content (AvgIpc) is 2.52. The second-order valence-corrected chi connectivity index (χ2v) is 6.00. The van der Waals surface area contributed by atoms with Gasteiger partial charge in [-0.25, -0.2) is 0 Å². The van der Waals surface area contributed by atoms with Gasteiger partial charge in [0.1, 0.15) is 0 Å². The molecule has 0 spiro atoms. The van der Waals surface area contributed by atoms with Crippen LogP contribution in [0.25, 0.3) is 0 Å². The van der Waals surface area contributed by atoms with Gasteiger partial charge in [-0.15, -0.1) is 0 Å². The lowest BCUT2D eigenvalue weighted by Crippen LogP contribution is -2.45. The first-order valence-corrected chi connectivity index (χ1v) is 9.05. The van der Waals surface area contributed by atoms with Crippen LogP contribution in [0.1, 0.15) is 64.7 Å². The molecule has 0 unspecified atom stereocenters. The van der Waals surface area contributed by atoms with E-state index in [-0.39, 0.29) is 0 Å². The van der Waals surface area contributed by atoms with Crippen molar-refractivity contribution in [3.8, 4) is 0 Å². The zero-order chi connectivity index (χ0) is 16.5. The molecule has 1 saturated heterocycles. The van der Waals surface area contributed by atoms with Crippen LogP contribution in [0.3, 0.4) is 0 Å². The zero-order valence-electron chi connectivity index (χ0n) is 14.5. The summed E-state index contributed by atoms with van der Waals surface area (Å²) in [6.07, 6.45) is 10.1. The van der Waals surface area contributed by atoms with Crippen LogP contribution in [-0.4, -0.2) is 55.2 Å². The van der Waals surface area contributed by atoms with Crippen LogP contribution in [0.4, 0.5) is 0 Å². The summed E-state index contributed by atoms with van der Waals surface area (Å²) in [6.45, 7) is 8.64. The number of carboxylic acids is 1. The van der Waals surface area contributed by atoms with Gasteiger partial charge < -0.3 is 16.2 Å². The molecular weight excluding hydrogens is 278 g/mol. The first-order valence-electron chi connectivity index (χ1n) is 9.05. The molecule has 4 N–H and O–H groups in total. The molecule has 0 bridgehead atoms. The van der Waals surface area contributed by atoms with E-state index in [0.29, 0.717) is 6.42 Å². The molecule has 1 heterocycles. The number of aliphatic carboxylic acids is 1. The van der Waals surface area contributed by atoms with Gasteiger partial charge in [-0.2, -0.15) is 0 Å². The summed E-state index contributed by atoms with van der Waals surface area (Å²) in [4.78, 5) is 12.6. The summed E-state index contributed by atoms with van der Waals surface area (Å²) in [5.74, 6) is -0.661. The first kappa shape index (κ1) is 21.4. The third-order valence-electron chi connectivity index (χ3n) is 3.90. The van der Waals surface area contributed by atoms with Crippen molar-refractivity contribution in [3.05, 3.63) is 0 Å². The third kappa shape index (κ3) is 15.7. The smallest absolute Gasteiger partial charge is 0.303 e. The van der Waals surface area contributed by atoms with Gasteiger partial charge in [-0.05, 0) is 6.42 Å². The fourth-order valence-corrected chi connectivity index (χ4v) is 2.53. The molecule has 5 nitrogen and oxygen atoms in total. The molecule has 0 radical (unpaired) electrons. The molecule has 1 fully saturated rings. The quantitative estimate of drug-likeness (QED) is 0.510. The van der Waals surface area contributed by atoms with E-state index in [4.69, 9.17) is 10.8 Å². The van der Waals surface area contributed by atoms with Gasteiger partial charge >= 0.3 is 5.97 Å². The summed E-state index contributed by atoms with van der Waals surface area (Å²) in [7, 11) is 0. The Morgan fingerprint density at radius 1 is 1.05 bits per heavy atom. The van der Waals surface area contributed by atoms with E-state index in [1.54, 1.807) is 0 Å². The molecule has 1 aliphatic heterocycles. The fourth-order valence-electron chi connectivity index (χ4n) is 2.53. The molecule has 0 atom stereocenters. The second kappa shape index (κ2) is 16.7. The summed E-state index contributed by atoms with van der Waals surface area (Å²) in [6, 6.07) is 0. The number of unbranched alkanes of at least 4 members (excludes halogenated alkanes) is 7. The predicted molar refractivity (Wildman–Crippen MR) is 93.2 cm³/mol. The fraction of sp³-hybridized carbons (Fsp3) is 0.941. The summed E-state index contributed by atoms with van der Waals surface area (Å²) in [5.41, 5.74) is 5.40. The van der Waals surface area contributed by atoms with E-state index in [9.17, 15) is 4.79 Å². The lowest BCUT2D eigenvalue weighted by atomic mass is 10.1. The maximum absolute atomic E-state index is 10.2. The van der Waals surface area contributed by atoms with Crippen molar-refractivity contribution < 1.29 is 9.90 Å². The first-order chi connectivity index (χ1) is 10.7. The van der Waals surface area contributed by atoms with Crippen LogP contribution in [0, 0.1) is 0 Å². The average molecular weight is 316 g/mol. The van der Waals surface area contributed by atoms with Crippen LogP contribution in [0.15, 0.2) is 0 Å². The molecule has 0 aromatic rings. The zero-order valence-corrected chi connectivity index (χ0v) is 14.5. The van der Waals surface area contributed by atoms with E-state index < -0.39 is 5.97 Å². The Morgan fingerprint density at radius 3 is 2.09 bits per heavy atom. The molecule has 22 heavy (non-hydrogen) atoms. The van der Waals surface area contributed by atoms with Crippen LogP contribution >= 0.6 is 0 Å². The Bertz CT molecular complexity index is 241. The Labute approximate surface area is 136 Å². The maximum atomic E-state index is 10.2. The van der Waals surface area contributed by atoms with Crippen molar-refractivity contribution in [1.82, 2.24) is 10.2 Å². The monoisotopic (exact) mass is 315 g/mol. The van der Waals surface area contributed by atoms with Gasteiger partial charge in [-0.3, -0.25) is 9.69 Å². The molecule has 1 rings (SSSR count). The molecule has 5 heteroatoms. The topological polar surface area (TPSA) is 78.6 Å². The Hall–Kier alpha value is -0.650. The lowest BCUT2D eigenvalue weighted by molar-refractivity contribution is -0.137. The van der Waals surface area contributed by atoms with Crippen molar-refractivity contribution in [2.45, 2.75) is 64.7 Å². The standard InChI is InChI=1S/C11H22O2.C6H15N3/c1-2-3-4-5-6-7-8-9-10-11(12)13;7-1-4-9-5-2-8-3-6-9/h2-10H2,1H3,(H,12,13);8H,1-7H2. The Morgan fingerprint density at radius 2 is 1.59 bits per heavy atom. The molecule has 0 aromatic carbocycles. The minimum atomic E-state index is -0.661. The van der Waals surface area contributed by atoms with Gasteiger partial charge in [-0.1, -0.05) is 51.9 Å². The number of nitrogens with one attached hydrogen (secondary N) is 1. The van der Waals surface area contributed by atoms with Gasteiger partial charge in [0.05, 0.1) is 0 Å². The second-order valence-electron chi connectivity index (χ2n) is 6.00. The normalized spacial score (nSPS) is 15.2. The highest BCUT2D eigenvalue weighted by atomic mass is 16.4. The highest BCUT2D eigenvalue weighted by Gasteiger charge is 2.06. The van der Waals surface area contributed by atoms with Gasteiger partial charge in [0.2, 0.25) is 0 Å². The van der Waals surface area contributed by atoms with Gasteiger partial charge in [0.25, 0.3) is 0 Å². The van der Waals surface area contributed by atoms with E-state index in [1.807, 2.05) is 0 Å². The van der Waals surface area contributed by atoms with Crippen LogP contribution in [-0.2, 0) is 4.79 Å². The van der Waals surface area contributed by atoms with E-state index in [1.165, 1.54) is 38.5 Å². The number of nitrogens with zero attached hydrogens (tertiary/aromatic N) is 1. The summed E-state index contributed by atoms with van der Waals surface area (Å²) >= 11 is 0. The molecule has 0 amide bonds. The highest BCUT2D eigenvalue weighted by Crippen LogP contribution is 2.09. The number of carboxylic acid groups (broad SMARTS) is 1. The third-order valence-corrected chi connectivity index (χ3v) is 3.90. The largest absolute Gasteiger partial charge is 0.481 e. The molecule has 0 aromatic heterocycles. The molecule has 0 aliphatic carbocycles. The number of hydrogen-bond donors (Lipinski definition) is 3. The molecular formula is C17H37N3O2. The van der Waals surface area contributed by atoms with E-state index in [0.717, 1.165) is 52.1 Å². The van der Waals surface area contributed by atoms with Crippen LogP contribution < -0.4 is 11.1 Å². The van der Waals surface area contributed by atoms with Crippen LogP contribution in [0.5, 0.6) is 0 Å². The molecule has 1 aliphatic rings. The summed E-state index contributed by atoms with van der Waals surface area (Å²) in [5, 5.41) is 11.7. The number of rotatable bonds is 11. The van der Waals surface area contributed by atoms with Crippen molar-refractivity contribution in [3.63, 3.8) is 0 Å². The van der Waals surface area contributed by atoms with Crippen molar-refractivity contribution in [2.24, 2.45) is 5.73 Å². The number of hydrogen-bond acceptors (Lipinski definition) is 4. The Kier molecular flexibility index (Phi) is 16.2. The number of piperazine rings is 1. The number of carbonyl (C=O) groups is 1. The van der Waals surface area contributed by atoms with Crippen molar-refractivity contribution in [1.29, 1.82) is 0 Å². The van der Waals surface area contributed by atoms with Crippen LogP contribution in [0.2, 0.25) is 0 Å². The lowest BCUT2D eigenvalue weighted by Gasteiger charge is -2.26. The summed E-state index contributed by atoms with van der Waals surface area (Å²) < 4.78 is 0. The van der Waals surface area contributed by atoms with E-state index >= 15 is 0 Å². The Balaban J connectivity index is 0.000000425. The molecule has 132 valence electrons. The minimum Gasteiger partial charge on any atom is -0.481 e.